The molecule has 1 fully saturated rings. The minimum Gasteiger partial charge on any atom is -0.494 e. The molecule has 1 saturated carbocycles. The Labute approximate surface area is 91.7 Å². The molecular weight excluding hydrogens is 188 g/mol. The Morgan fingerprint density at radius 1 is 1.20 bits per heavy atom. The average molecular weight is 208 g/mol. The maximum Gasteiger partial charge on any atom is 0.162 e. The summed E-state index contributed by atoms with van der Waals surface area (Å²) in [6, 6.07) is 0. The van der Waals surface area contributed by atoms with Gasteiger partial charge in [0.2, 0.25) is 0 Å². The second-order valence-electron chi connectivity index (χ2n) is 5.76. The lowest BCUT2D eigenvalue weighted by atomic mass is 9.83. The molecule has 1 unspecified atom stereocenters. The van der Waals surface area contributed by atoms with Gasteiger partial charge in [0.05, 0.1) is 12.7 Å². The second kappa shape index (κ2) is 3.66. The number of ether oxygens (including phenoxy) is 1. The van der Waals surface area contributed by atoms with Gasteiger partial charge >= 0.3 is 0 Å². The maximum atomic E-state index is 11.4. The van der Waals surface area contributed by atoms with Crippen molar-refractivity contribution in [3.63, 3.8) is 0 Å². The monoisotopic (exact) mass is 208 g/mol. The first-order chi connectivity index (χ1) is 7.02. The molecule has 15 heavy (non-hydrogen) atoms. The van der Waals surface area contributed by atoms with Gasteiger partial charge in [-0.1, -0.05) is 13.8 Å². The summed E-state index contributed by atoms with van der Waals surface area (Å²) in [4.78, 5) is 11.4. The lowest BCUT2D eigenvalue weighted by Gasteiger charge is -2.34. The molecule has 1 aliphatic heterocycles. The predicted molar refractivity (Wildman–Crippen MR) is 59.4 cm³/mol. The van der Waals surface area contributed by atoms with E-state index >= 15 is 0 Å². The van der Waals surface area contributed by atoms with Gasteiger partial charge in [0, 0.05) is 6.08 Å². The molecule has 0 radical (unpaired) electrons. The lowest BCUT2D eigenvalue weighted by molar-refractivity contribution is -0.123. The maximum absolute atomic E-state index is 11.4. The van der Waals surface area contributed by atoms with E-state index in [-0.39, 0.29) is 11.4 Å². The number of hydrogen-bond donors (Lipinski definition) is 0. The van der Waals surface area contributed by atoms with Gasteiger partial charge in [-0.3, -0.25) is 4.79 Å². The first kappa shape index (κ1) is 10.7. The Morgan fingerprint density at radius 2 is 2.00 bits per heavy atom. The molecular formula is C13H20O2. The molecule has 0 bridgehead atoms. The first-order valence-electron chi connectivity index (χ1n) is 5.89. The largest absolute Gasteiger partial charge is 0.494 e. The zero-order valence-corrected chi connectivity index (χ0v) is 9.71. The normalized spacial score (nSPS) is 34.9. The van der Waals surface area contributed by atoms with Crippen LogP contribution in [-0.4, -0.2) is 11.4 Å². The molecule has 0 aromatic heterocycles. The van der Waals surface area contributed by atoms with Gasteiger partial charge in [0.1, 0.15) is 5.60 Å². The summed E-state index contributed by atoms with van der Waals surface area (Å²) in [6.07, 6.45) is 9.38. The van der Waals surface area contributed by atoms with E-state index in [9.17, 15) is 4.79 Å². The van der Waals surface area contributed by atoms with Crippen molar-refractivity contribution >= 4 is 5.78 Å². The van der Waals surface area contributed by atoms with Crippen LogP contribution < -0.4 is 0 Å². The van der Waals surface area contributed by atoms with Gasteiger partial charge in [-0.15, -0.1) is 0 Å². The molecule has 1 heterocycles. The number of ketones is 1. The van der Waals surface area contributed by atoms with E-state index < -0.39 is 0 Å². The fourth-order valence-electron chi connectivity index (χ4n) is 2.67. The van der Waals surface area contributed by atoms with Crippen LogP contribution in [0.4, 0.5) is 0 Å². The van der Waals surface area contributed by atoms with Gasteiger partial charge in [-0.2, -0.15) is 0 Å². The summed E-state index contributed by atoms with van der Waals surface area (Å²) in [5.41, 5.74) is 0.247. The molecule has 1 spiro atoms. The quantitative estimate of drug-likeness (QED) is 0.611. The van der Waals surface area contributed by atoms with Gasteiger partial charge in [-0.05, 0) is 37.5 Å². The molecule has 1 atom stereocenters. The summed E-state index contributed by atoms with van der Waals surface area (Å²) >= 11 is 0. The Kier molecular flexibility index (Phi) is 2.61. The van der Waals surface area contributed by atoms with Crippen molar-refractivity contribution in [3.8, 4) is 0 Å². The van der Waals surface area contributed by atoms with Crippen LogP contribution in [0.15, 0.2) is 12.3 Å². The van der Waals surface area contributed by atoms with Crippen molar-refractivity contribution in [1.29, 1.82) is 0 Å². The summed E-state index contributed by atoms with van der Waals surface area (Å²) < 4.78 is 5.75. The van der Waals surface area contributed by atoms with E-state index in [4.69, 9.17) is 4.74 Å². The molecule has 2 aliphatic rings. The molecule has 0 N–H and O–H groups in total. The highest BCUT2D eigenvalue weighted by molar-refractivity contribution is 5.90. The van der Waals surface area contributed by atoms with Crippen LogP contribution in [0.1, 0.15) is 52.4 Å². The zero-order valence-electron chi connectivity index (χ0n) is 9.71. The Hall–Kier alpha value is -0.790. The van der Waals surface area contributed by atoms with Crippen LogP contribution in [0.2, 0.25) is 0 Å². The van der Waals surface area contributed by atoms with Crippen molar-refractivity contribution in [2.75, 3.05) is 0 Å². The number of hydrogen-bond acceptors (Lipinski definition) is 2. The Morgan fingerprint density at radius 3 is 2.73 bits per heavy atom. The molecule has 2 nitrogen and oxygen atoms in total. The highest BCUT2D eigenvalue weighted by Crippen LogP contribution is 2.42. The van der Waals surface area contributed by atoms with Crippen molar-refractivity contribution in [2.45, 2.75) is 58.0 Å². The van der Waals surface area contributed by atoms with Crippen LogP contribution in [0, 0.1) is 5.41 Å². The fraction of sp³-hybridized carbons (Fsp3) is 0.769. The van der Waals surface area contributed by atoms with Gasteiger partial charge in [0.15, 0.2) is 5.78 Å². The smallest absolute Gasteiger partial charge is 0.162 e. The van der Waals surface area contributed by atoms with Crippen molar-refractivity contribution in [3.05, 3.63) is 12.3 Å². The summed E-state index contributed by atoms with van der Waals surface area (Å²) in [5, 5.41) is 0. The molecule has 0 aromatic carbocycles. The summed E-state index contributed by atoms with van der Waals surface area (Å²) in [6.45, 7) is 4.62. The number of allylic oxidation sites excluding steroid dienone is 1. The molecule has 84 valence electrons. The van der Waals surface area contributed by atoms with E-state index in [1.165, 1.54) is 12.8 Å². The summed E-state index contributed by atoms with van der Waals surface area (Å²) in [7, 11) is 0. The van der Waals surface area contributed by atoms with Gasteiger partial charge < -0.3 is 4.74 Å². The fourth-order valence-corrected chi connectivity index (χ4v) is 2.67. The molecule has 2 heteroatoms. The number of carbonyl (C=O) groups excluding carboxylic acids is 1. The van der Waals surface area contributed by atoms with Crippen molar-refractivity contribution in [2.24, 2.45) is 5.41 Å². The first-order valence-corrected chi connectivity index (χ1v) is 5.89. The van der Waals surface area contributed by atoms with E-state index in [1.54, 1.807) is 12.3 Å². The van der Waals surface area contributed by atoms with Crippen LogP contribution >= 0.6 is 0 Å². The topological polar surface area (TPSA) is 26.3 Å². The predicted octanol–water partition coefficient (Wildman–Crippen LogP) is 3.22. The SMILES string of the molecule is CC1(C)CCCC2(CC1)CC(=O)C=CO2. The third kappa shape index (κ3) is 2.42. The van der Waals surface area contributed by atoms with E-state index in [1.807, 2.05) is 0 Å². The number of rotatable bonds is 0. The average Bonchev–Trinajstić information content (AvgIpc) is 2.27. The van der Waals surface area contributed by atoms with Gasteiger partial charge in [-0.25, -0.2) is 0 Å². The van der Waals surface area contributed by atoms with E-state index in [0.29, 0.717) is 11.8 Å². The molecule has 0 amide bonds. The van der Waals surface area contributed by atoms with Crippen LogP contribution in [0.3, 0.4) is 0 Å². The second-order valence-corrected chi connectivity index (χ2v) is 5.76. The molecule has 2 rings (SSSR count). The third-order valence-electron chi connectivity index (χ3n) is 3.81. The van der Waals surface area contributed by atoms with Crippen molar-refractivity contribution < 1.29 is 9.53 Å². The highest BCUT2D eigenvalue weighted by Gasteiger charge is 2.39. The van der Waals surface area contributed by atoms with Crippen molar-refractivity contribution in [1.82, 2.24) is 0 Å². The third-order valence-corrected chi connectivity index (χ3v) is 3.81. The molecule has 0 aromatic rings. The highest BCUT2D eigenvalue weighted by atomic mass is 16.5. The van der Waals surface area contributed by atoms with Crippen LogP contribution in [-0.2, 0) is 9.53 Å². The minimum atomic E-state index is -0.167. The summed E-state index contributed by atoms with van der Waals surface area (Å²) in [5.74, 6) is 0.223. The Bertz CT molecular complexity index is 291. The minimum absolute atomic E-state index is 0.167. The standard InChI is InChI=1S/C13H20O2/c1-12(2)5-3-6-13(8-7-12)10-11(14)4-9-15-13/h4,9H,3,5-8,10H2,1-2H3. The van der Waals surface area contributed by atoms with Crippen LogP contribution in [0.25, 0.3) is 0 Å². The number of carbonyl (C=O) groups is 1. The molecule has 0 saturated heterocycles. The Balaban J connectivity index is 2.10. The van der Waals surface area contributed by atoms with E-state index in [2.05, 4.69) is 13.8 Å². The van der Waals surface area contributed by atoms with Crippen LogP contribution in [0.5, 0.6) is 0 Å². The van der Waals surface area contributed by atoms with Gasteiger partial charge in [0.25, 0.3) is 0 Å². The molecule has 1 aliphatic carbocycles. The van der Waals surface area contributed by atoms with E-state index in [0.717, 1.165) is 19.3 Å². The zero-order chi connectivity index (χ0) is 10.9. The lowest BCUT2D eigenvalue weighted by Crippen LogP contribution is -2.35.